The van der Waals surface area contributed by atoms with Crippen molar-refractivity contribution in [3.8, 4) is 0 Å². The summed E-state index contributed by atoms with van der Waals surface area (Å²) in [5.41, 5.74) is 1.36. The normalized spacial score (nSPS) is 31.8. The molecule has 0 saturated carbocycles. The second-order valence-electron chi connectivity index (χ2n) is 7.30. The summed E-state index contributed by atoms with van der Waals surface area (Å²) in [6.45, 7) is 5.73. The Morgan fingerprint density at radius 1 is 1.09 bits per heavy atom. The molecule has 1 aromatic carbocycles. The Morgan fingerprint density at radius 3 is 2.70 bits per heavy atom. The predicted molar refractivity (Wildman–Crippen MR) is 88.2 cm³/mol. The molecule has 5 rings (SSSR count). The van der Waals surface area contributed by atoms with Crippen LogP contribution in [-0.2, 0) is 4.79 Å². The molecule has 4 bridgehead atoms. The van der Waals surface area contributed by atoms with Crippen LogP contribution in [0.3, 0.4) is 0 Å². The van der Waals surface area contributed by atoms with Crippen molar-refractivity contribution in [3.05, 3.63) is 29.8 Å². The van der Waals surface area contributed by atoms with E-state index in [4.69, 9.17) is 0 Å². The number of piperidine rings is 2. The van der Waals surface area contributed by atoms with E-state index in [1.807, 2.05) is 18.2 Å². The molecule has 2 amide bonds. The van der Waals surface area contributed by atoms with Gasteiger partial charge in [-0.1, -0.05) is 6.07 Å². The fraction of sp³-hybridized carbons (Fsp3) is 0.556. The topological polar surface area (TPSA) is 52.7 Å². The van der Waals surface area contributed by atoms with Crippen LogP contribution in [0.4, 0.5) is 5.69 Å². The van der Waals surface area contributed by atoms with Crippen molar-refractivity contribution in [2.24, 2.45) is 11.8 Å². The fourth-order valence-corrected chi connectivity index (χ4v) is 4.64. The number of hydrogen-bond donors (Lipinski definition) is 1. The Labute approximate surface area is 136 Å². The van der Waals surface area contributed by atoms with E-state index in [0.29, 0.717) is 23.2 Å². The number of nitrogens with zero attached hydrogens (tertiary/aromatic N) is 2. The molecule has 1 aromatic rings. The summed E-state index contributed by atoms with van der Waals surface area (Å²) in [6, 6.07) is 7.64. The van der Waals surface area contributed by atoms with E-state index in [1.165, 1.54) is 19.9 Å². The molecular weight excluding hydrogens is 290 g/mol. The van der Waals surface area contributed by atoms with E-state index >= 15 is 0 Å². The lowest BCUT2D eigenvalue weighted by Crippen LogP contribution is -2.50. The van der Waals surface area contributed by atoms with Crippen molar-refractivity contribution in [1.82, 2.24) is 9.80 Å². The third-order valence-electron chi connectivity index (χ3n) is 5.36. The fourth-order valence-electron chi connectivity index (χ4n) is 4.64. The molecule has 23 heavy (non-hydrogen) atoms. The molecule has 0 radical (unpaired) electrons. The van der Waals surface area contributed by atoms with Crippen LogP contribution in [0.25, 0.3) is 0 Å². The van der Waals surface area contributed by atoms with Gasteiger partial charge in [0.15, 0.2) is 0 Å². The Kier molecular flexibility index (Phi) is 3.60. The zero-order chi connectivity index (χ0) is 16.0. The van der Waals surface area contributed by atoms with Gasteiger partial charge < -0.3 is 15.1 Å². The van der Waals surface area contributed by atoms with Crippen LogP contribution in [0.15, 0.2) is 24.3 Å². The van der Waals surface area contributed by atoms with Gasteiger partial charge in [0, 0.05) is 50.4 Å². The molecule has 4 aliphatic heterocycles. The molecule has 0 aliphatic carbocycles. The SMILES string of the molecule is CC(=O)Nc1cccc(C(=O)N2CC3CC4CC2CN(C4)C3)c1. The smallest absolute Gasteiger partial charge is 0.254 e. The highest BCUT2D eigenvalue weighted by molar-refractivity contribution is 5.97. The zero-order valence-corrected chi connectivity index (χ0v) is 13.5. The molecule has 4 fully saturated rings. The lowest BCUT2D eigenvalue weighted by Gasteiger charge is -2.41. The average Bonchev–Trinajstić information content (AvgIpc) is 2.70. The van der Waals surface area contributed by atoms with Crippen LogP contribution in [0.2, 0.25) is 0 Å². The first-order valence-corrected chi connectivity index (χ1v) is 8.49. The van der Waals surface area contributed by atoms with E-state index in [9.17, 15) is 9.59 Å². The van der Waals surface area contributed by atoms with Gasteiger partial charge in [-0.25, -0.2) is 0 Å². The second kappa shape index (κ2) is 5.64. The minimum Gasteiger partial charge on any atom is -0.334 e. The lowest BCUT2D eigenvalue weighted by molar-refractivity contribution is -0.114. The maximum atomic E-state index is 13.0. The highest BCUT2D eigenvalue weighted by atomic mass is 16.2. The van der Waals surface area contributed by atoms with E-state index in [-0.39, 0.29) is 11.8 Å². The Hall–Kier alpha value is -1.88. The van der Waals surface area contributed by atoms with Crippen molar-refractivity contribution >= 4 is 17.5 Å². The number of hydrogen-bond acceptors (Lipinski definition) is 3. The third-order valence-corrected chi connectivity index (χ3v) is 5.36. The van der Waals surface area contributed by atoms with Crippen LogP contribution in [0.5, 0.6) is 0 Å². The molecule has 4 unspecified atom stereocenters. The minimum atomic E-state index is -0.117. The van der Waals surface area contributed by atoms with E-state index in [2.05, 4.69) is 15.1 Å². The minimum absolute atomic E-state index is 0.108. The Bertz CT molecular complexity index is 631. The summed E-state index contributed by atoms with van der Waals surface area (Å²) in [5, 5.41) is 2.76. The van der Waals surface area contributed by atoms with Gasteiger partial charge in [-0.05, 0) is 42.9 Å². The first-order valence-electron chi connectivity index (χ1n) is 8.49. The average molecular weight is 313 g/mol. The molecule has 4 aliphatic rings. The number of amides is 2. The molecule has 0 aromatic heterocycles. The number of fused-ring (bicyclic) bond motifs is 1. The Balaban J connectivity index is 1.58. The second-order valence-corrected chi connectivity index (χ2v) is 7.30. The zero-order valence-electron chi connectivity index (χ0n) is 13.5. The Morgan fingerprint density at radius 2 is 1.91 bits per heavy atom. The third kappa shape index (κ3) is 2.85. The molecule has 4 saturated heterocycles. The van der Waals surface area contributed by atoms with Gasteiger partial charge >= 0.3 is 0 Å². The molecule has 1 N–H and O–H groups in total. The lowest BCUT2D eigenvalue weighted by atomic mass is 9.84. The largest absolute Gasteiger partial charge is 0.334 e. The van der Waals surface area contributed by atoms with Crippen molar-refractivity contribution in [2.75, 3.05) is 31.5 Å². The molecule has 5 heteroatoms. The molecular formula is C18H23N3O2. The van der Waals surface area contributed by atoms with Crippen LogP contribution >= 0.6 is 0 Å². The summed E-state index contributed by atoms with van der Waals surface area (Å²) in [6.07, 6.45) is 2.41. The quantitative estimate of drug-likeness (QED) is 0.906. The number of nitrogens with one attached hydrogen (secondary N) is 1. The molecule has 0 spiro atoms. The van der Waals surface area contributed by atoms with E-state index < -0.39 is 0 Å². The van der Waals surface area contributed by atoms with Gasteiger partial charge in [0.2, 0.25) is 5.91 Å². The maximum Gasteiger partial charge on any atom is 0.254 e. The number of carbonyl (C=O) groups is 2. The molecule has 5 nitrogen and oxygen atoms in total. The van der Waals surface area contributed by atoms with Gasteiger partial charge in [-0.3, -0.25) is 9.59 Å². The maximum absolute atomic E-state index is 13.0. The number of anilines is 1. The van der Waals surface area contributed by atoms with Crippen molar-refractivity contribution < 1.29 is 9.59 Å². The number of rotatable bonds is 2. The van der Waals surface area contributed by atoms with Crippen LogP contribution in [-0.4, -0.2) is 53.8 Å². The first kappa shape index (κ1) is 14.7. The van der Waals surface area contributed by atoms with Gasteiger partial charge in [-0.15, -0.1) is 0 Å². The van der Waals surface area contributed by atoms with E-state index in [0.717, 1.165) is 32.0 Å². The highest BCUT2D eigenvalue weighted by Gasteiger charge is 2.43. The van der Waals surface area contributed by atoms with Crippen LogP contribution in [0.1, 0.15) is 30.1 Å². The van der Waals surface area contributed by atoms with Gasteiger partial charge in [0.1, 0.15) is 0 Å². The van der Waals surface area contributed by atoms with E-state index in [1.54, 1.807) is 6.07 Å². The summed E-state index contributed by atoms with van der Waals surface area (Å²) in [5.74, 6) is 1.37. The molecule has 4 heterocycles. The predicted octanol–water partition coefficient (Wildman–Crippen LogP) is 1.81. The number of benzene rings is 1. The van der Waals surface area contributed by atoms with Crippen molar-refractivity contribution in [3.63, 3.8) is 0 Å². The first-order chi connectivity index (χ1) is 11.1. The van der Waals surface area contributed by atoms with Crippen LogP contribution in [0, 0.1) is 11.8 Å². The summed E-state index contributed by atoms with van der Waals surface area (Å²) in [4.78, 5) is 28.9. The summed E-state index contributed by atoms with van der Waals surface area (Å²) >= 11 is 0. The monoisotopic (exact) mass is 313 g/mol. The standard InChI is InChI=1S/C18H23N3O2/c1-12(22)19-16-4-2-3-15(7-16)18(23)21-10-14-5-13-6-17(21)11-20(8-13)9-14/h2-4,7,13-14,17H,5-6,8-11H2,1H3,(H,19,22). The molecule has 122 valence electrons. The summed E-state index contributed by atoms with van der Waals surface area (Å²) < 4.78 is 0. The van der Waals surface area contributed by atoms with Crippen molar-refractivity contribution in [1.29, 1.82) is 0 Å². The summed E-state index contributed by atoms with van der Waals surface area (Å²) in [7, 11) is 0. The van der Waals surface area contributed by atoms with Gasteiger partial charge in [0.05, 0.1) is 0 Å². The van der Waals surface area contributed by atoms with Gasteiger partial charge in [0.25, 0.3) is 5.91 Å². The van der Waals surface area contributed by atoms with Crippen LogP contribution < -0.4 is 5.32 Å². The van der Waals surface area contributed by atoms with Crippen molar-refractivity contribution in [2.45, 2.75) is 25.8 Å². The number of carbonyl (C=O) groups excluding carboxylic acids is 2. The highest BCUT2D eigenvalue weighted by Crippen LogP contribution is 2.37. The molecule has 4 atom stereocenters. The van der Waals surface area contributed by atoms with Gasteiger partial charge in [-0.2, -0.15) is 0 Å².